The van der Waals surface area contributed by atoms with Crippen molar-refractivity contribution in [1.82, 2.24) is 9.97 Å². The van der Waals surface area contributed by atoms with Crippen LogP contribution in [0.1, 0.15) is 56.3 Å². The van der Waals surface area contributed by atoms with Gasteiger partial charge in [-0.1, -0.05) is 63.1 Å². The van der Waals surface area contributed by atoms with E-state index in [1.807, 2.05) is 19.1 Å². The van der Waals surface area contributed by atoms with E-state index in [0.29, 0.717) is 0 Å². The number of phenols is 1. The highest BCUT2D eigenvalue weighted by atomic mass is 16.5. The highest BCUT2D eigenvalue weighted by Gasteiger charge is 2.16. The van der Waals surface area contributed by atoms with Crippen LogP contribution in [0.25, 0.3) is 21.8 Å². The fraction of sp³-hybridized carbons (Fsp3) is 0.296. The maximum absolute atomic E-state index is 11.9. The molecule has 5 nitrogen and oxygen atoms in total. The summed E-state index contributed by atoms with van der Waals surface area (Å²) in [5, 5.41) is 11.9. The molecule has 0 spiro atoms. The summed E-state index contributed by atoms with van der Waals surface area (Å²) in [4.78, 5) is 20.6. The monoisotopic (exact) mass is 430 g/mol. The Morgan fingerprint density at radius 3 is 2.06 bits per heavy atom. The maximum atomic E-state index is 11.9. The molecule has 1 N–H and O–H groups in total. The van der Waals surface area contributed by atoms with Crippen LogP contribution < -0.4 is 0 Å². The number of nitrogens with zero attached hydrogens (tertiary/aromatic N) is 2. The molecule has 0 saturated carbocycles. The van der Waals surface area contributed by atoms with Crippen LogP contribution in [0.2, 0.25) is 0 Å². The first-order valence-corrected chi connectivity index (χ1v) is 11.2. The number of aromatic nitrogens is 2. The smallest absolute Gasteiger partial charge is 0.342 e. The number of phenolic OH excluding ortho intramolecular Hbond substituents is 1. The van der Waals surface area contributed by atoms with Crippen molar-refractivity contribution in [2.45, 2.75) is 52.1 Å². The van der Waals surface area contributed by atoms with Gasteiger partial charge in [0.1, 0.15) is 17.4 Å². The number of pyridine rings is 2. The number of hydrogen-bond donors (Lipinski definition) is 1. The lowest BCUT2D eigenvalue weighted by atomic mass is 10.1. The Morgan fingerprint density at radius 1 is 0.875 bits per heavy atom. The standard InChI is InChI=1S/C15H22O3.C12H8N2/c1-3-5-6-9-12(4-2)18-15(17)13-10-7-8-11-14(13)16;1-3-9-5-6-10-4-2-8-14-12(10)11(9)13-7-1/h7-8,10-12,16H,3-6,9H2,1-2H3;1-8H. The molecule has 32 heavy (non-hydrogen) atoms. The summed E-state index contributed by atoms with van der Waals surface area (Å²) >= 11 is 0. The minimum Gasteiger partial charge on any atom is -0.507 e. The van der Waals surface area contributed by atoms with Crippen LogP contribution in [0.15, 0.2) is 73.1 Å². The number of benzene rings is 2. The van der Waals surface area contributed by atoms with Crippen molar-refractivity contribution >= 4 is 27.8 Å². The van der Waals surface area contributed by atoms with E-state index in [1.165, 1.54) is 6.07 Å². The first-order chi connectivity index (χ1) is 15.6. The normalized spacial score (nSPS) is 11.6. The van der Waals surface area contributed by atoms with Gasteiger partial charge in [-0.15, -0.1) is 0 Å². The minimum atomic E-state index is -0.434. The quantitative estimate of drug-likeness (QED) is 0.201. The predicted molar refractivity (Wildman–Crippen MR) is 129 cm³/mol. The van der Waals surface area contributed by atoms with Gasteiger partial charge in [0.15, 0.2) is 0 Å². The summed E-state index contributed by atoms with van der Waals surface area (Å²) in [7, 11) is 0. The lowest BCUT2D eigenvalue weighted by Crippen LogP contribution is -2.17. The number of fused-ring (bicyclic) bond motifs is 3. The third kappa shape index (κ3) is 6.03. The van der Waals surface area contributed by atoms with Crippen LogP contribution in [0.3, 0.4) is 0 Å². The zero-order chi connectivity index (χ0) is 22.8. The van der Waals surface area contributed by atoms with E-state index in [9.17, 15) is 9.90 Å². The second kappa shape index (κ2) is 11.8. The van der Waals surface area contributed by atoms with Gasteiger partial charge < -0.3 is 9.84 Å². The molecule has 0 saturated heterocycles. The van der Waals surface area contributed by atoms with Gasteiger partial charge in [-0.2, -0.15) is 0 Å². The Kier molecular flexibility index (Phi) is 8.55. The Labute approximate surface area is 189 Å². The molecule has 0 amide bonds. The molecular weight excluding hydrogens is 400 g/mol. The van der Waals surface area contributed by atoms with Gasteiger partial charge >= 0.3 is 5.97 Å². The van der Waals surface area contributed by atoms with E-state index in [-0.39, 0.29) is 17.4 Å². The maximum Gasteiger partial charge on any atom is 0.342 e. The first-order valence-electron chi connectivity index (χ1n) is 11.2. The third-order valence-corrected chi connectivity index (χ3v) is 5.33. The molecule has 2 aromatic carbocycles. The number of unbranched alkanes of at least 4 members (excludes halogenated alkanes) is 2. The summed E-state index contributed by atoms with van der Waals surface area (Å²) in [6, 6.07) is 18.6. The van der Waals surface area contributed by atoms with Crippen LogP contribution in [0.4, 0.5) is 0 Å². The molecule has 0 aliphatic carbocycles. The predicted octanol–water partition coefficient (Wildman–Crippen LogP) is 6.69. The average molecular weight is 431 g/mol. The zero-order valence-corrected chi connectivity index (χ0v) is 18.7. The molecule has 2 heterocycles. The van der Waals surface area contributed by atoms with E-state index in [1.54, 1.807) is 30.6 Å². The molecule has 0 aliphatic heterocycles. The van der Waals surface area contributed by atoms with Gasteiger partial charge in [0, 0.05) is 23.2 Å². The molecule has 0 aliphatic rings. The first kappa shape index (κ1) is 23.2. The Morgan fingerprint density at radius 2 is 1.50 bits per heavy atom. The molecule has 0 fully saturated rings. The second-order valence-corrected chi connectivity index (χ2v) is 7.66. The summed E-state index contributed by atoms with van der Waals surface area (Å²) in [6.45, 7) is 4.16. The van der Waals surface area contributed by atoms with Gasteiger partial charge in [0.05, 0.1) is 11.0 Å². The lowest BCUT2D eigenvalue weighted by molar-refractivity contribution is 0.0264. The van der Waals surface area contributed by atoms with Crippen LogP contribution in [0.5, 0.6) is 5.75 Å². The van der Waals surface area contributed by atoms with E-state index in [0.717, 1.165) is 53.9 Å². The summed E-state index contributed by atoms with van der Waals surface area (Å²) in [5.41, 5.74) is 2.20. The average Bonchev–Trinajstić information content (AvgIpc) is 2.84. The van der Waals surface area contributed by atoms with Gasteiger partial charge in [-0.05, 0) is 43.5 Å². The molecule has 166 valence electrons. The Hall–Kier alpha value is -3.47. The summed E-state index contributed by atoms with van der Waals surface area (Å²) < 4.78 is 5.41. The number of ether oxygens (including phenoxy) is 1. The second-order valence-electron chi connectivity index (χ2n) is 7.66. The number of para-hydroxylation sites is 1. The Bertz CT molecular complexity index is 1100. The molecule has 2 aromatic heterocycles. The van der Waals surface area contributed by atoms with E-state index in [2.05, 4.69) is 41.2 Å². The van der Waals surface area contributed by atoms with Crippen molar-refractivity contribution < 1.29 is 14.6 Å². The summed E-state index contributed by atoms with van der Waals surface area (Å²) in [5.74, 6) is -0.456. The Balaban J connectivity index is 0.000000185. The number of aromatic hydroxyl groups is 1. The highest BCUT2D eigenvalue weighted by Crippen LogP contribution is 2.21. The van der Waals surface area contributed by atoms with Crippen molar-refractivity contribution in [1.29, 1.82) is 0 Å². The molecule has 0 radical (unpaired) electrons. The van der Waals surface area contributed by atoms with Crippen molar-refractivity contribution in [3.63, 3.8) is 0 Å². The highest BCUT2D eigenvalue weighted by molar-refractivity contribution is 6.02. The lowest BCUT2D eigenvalue weighted by Gasteiger charge is -2.16. The number of carbonyl (C=O) groups excluding carboxylic acids is 1. The number of hydrogen-bond acceptors (Lipinski definition) is 5. The van der Waals surface area contributed by atoms with E-state index < -0.39 is 5.97 Å². The largest absolute Gasteiger partial charge is 0.507 e. The SMILES string of the molecule is CCCCCC(CC)OC(=O)c1ccccc1O.c1cnc2c(c1)ccc1cccnc12. The van der Waals surface area contributed by atoms with Crippen molar-refractivity contribution in [2.75, 3.05) is 0 Å². The summed E-state index contributed by atoms with van der Waals surface area (Å²) in [6.07, 6.45) is 8.64. The van der Waals surface area contributed by atoms with Crippen LogP contribution in [-0.4, -0.2) is 27.1 Å². The molecule has 5 heteroatoms. The van der Waals surface area contributed by atoms with Crippen molar-refractivity contribution in [3.8, 4) is 5.75 Å². The van der Waals surface area contributed by atoms with Gasteiger partial charge in [-0.3, -0.25) is 9.97 Å². The van der Waals surface area contributed by atoms with Crippen LogP contribution >= 0.6 is 0 Å². The van der Waals surface area contributed by atoms with Crippen molar-refractivity contribution in [3.05, 3.63) is 78.6 Å². The molecule has 4 aromatic rings. The van der Waals surface area contributed by atoms with Gasteiger partial charge in [-0.25, -0.2) is 4.79 Å². The fourth-order valence-corrected chi connectivity index (χ4v) is 3.51. The molecular formula is C27H30N2O3. The molecule has 1 unspecified atom stereocenters. The van der Waals surface area contributed by atoms with Crippen LogP contribution in [-0.2, 0) is 4.74 Å². The zero-order valence-electron chi connectivity index (χ0n) is 18.7. The van der Waals surface area contributed by atoms with E-state index in [4.69, 9.17) is 4.74 Å². The van der Waals surface area contributed by atoms with Gasteiger partial charge in [0.25, 0.3) is 0 Å². The topological polar surface area (TPSA) is 72.3 Å². The fourth-order valence-electron chi connectivity index (χ4n) is 3.51. The number of carbonyl (C=O) groups is 1. The third-order valence-electron chi connectivity index (χ3n) is 5.33. The van der Waals surface area contributed by atoms with Crippen molar-refractivity contribution in [2.24, 2.45) is 0 Å². The van der Waals surface area contributed by atoms with E-state index >= 15 is 0 Å². The van der Waals surface area contributed by atoms with Gasteiger partial charge in [0.2, 0.25) is 0 Å². The number of esters is 1. The number of rotatable bonds is 7. The molecule has 0 bridgehead atoms. The minimum absolute atomic E-state index is 0.0223. The molecule has 4 rings (SSSR count). The van der Waals surface area contributed by atoms with Crippen LogP contribution in [0, 0.1) is 0 Å². The molecule has 1 atom stereocenters.